The highest BCUT2D eigenvalue weighted by Gasteiger charge is 2.22. The molecule has 3 heterocycles. The Morgan fingerprint density at radius 2 is 1.79 bits per heavy atom. The molecule has 0 radical (unpaired) electrons. The molecule has 33 heavy (non-hydrogen) atoms. The Morgan fingerprint density at radius 1 is 1.06 bits per heavy atom. The molecule has 0 bridgehead atoms. The van der Waals surface area contributed by atoms with Crippen molar-refractivity contribution in [3.8, 4) is 5.82 Å². The summed E-state index contributed by atoms with van der Waals surface area (Å²) in [5.74, 6) is 0.892. The van der Waals surface area contributed by atoms with E-state index in [0.717, 1.165) is 43.1 Å². The summed E-state index contributed by atoms with van der Waals surface area (Å²) in [6.45, 7) is 11.0. The van der Waals surface area contributed by atoms with Crippen LogP contribution in [0.5, 0.6) is 0 Å². The van der Waals surface area contributed by atoms with E-state index < -0.39 is 0 Å². The monoisotopic (exact) mass is 445 g/mol. The van der Waals surface area contributed by atoms with Crippen LogP contribution in [0, 0.1) is 13.8 Å². The Hall–Kier alpha value is -3.68. The number of anilines is 1. The second kappa shape index (κ2) is 9.85. The molecule has 1 fully saturated rings. The molecule has 0 saturated carbocycles. The molecule has 2 aromatic heterocycles. The summed E-state index contributed by atoms with van der Waals surface area (Å²) in [6.07, 6.45) is 2.76. The van der Waals surface area contributed by atoms with Crippen LogP contribution < -0.4 is 10.4 Å². The quantitative estimate of drug-likeness (QED) is 0.585. The van der Waals surface area contributed by atoms with E-state index in [4.69, 9.17) is 0 Å². The van der Waals surface area contributed by atoms with Crippen LogP contribution in [-0.2, 0) is 11.2 Å². The molecule has 1 aliphatic heterocycles. The lowest BCUT2D eigenvalue weighted by atomic mass is 10.1. The van der Waals surface area contributed by atoms with Crippen LogP contribution in [-0.4, -0.2) is 63.6 Å². The van der Waals surface area contributed by atoms with Gasteiger partial charge in [-0.15, -0.1) is 5.10 Å². The van der Waals surface area contributed by atoms with E-state index in [0.29, 0.717) is 24.1 Å². The first-order valence-corrected chi connectivity index (χ1v) is 11.3. The lowest BCUT2D eigenvalue weighted by Gasteiger charge is -2.36. The van der Waals surface area contributed by atoms with Crippen LogP contribution in [0.25, 0.3) is 12.0 Å². The zero-order valence-corrected chi connectivity index (χ0v) is 19.6. The molecule has 1 aromatic carbocycles. The number of para-hydroxylation sites is 1. The Labute approximate surface area is 194 Å². The van der Waals surface area contributed by atoms with Crippen LogP contribution in [0.1, 0.15) is 23.4 Å². The molecule has 3 aromatic rings. The zero-order valence-electron chi connectivity index (χ0n) is 19.6. The van der Waals surface area contributed by atoms with Crippen molar-refractivity contribution in [2.75, 3.05) is 38.1 Å². The molecule has 1 aliphatic rings. The van der Waals surface area contributed by atoms with Gasteiger partial charge >= 0.3 is 0 Å². The maximum Gasteiger partial charge on any atom is 0.223 e. The molecule has 8 nitrogen and oxygen atoms in total. The molecule has 1 amide bonds. The second-order valence-corrected chi connectivity index (χ2v) is 8.17. The average Bonchev–Trinajstić information content (AvgIpc) is 3.15. The van der Waals surface area contributed by atoms with Crippen molar-refractivity contribution in [2.45, 2.75) is 26.7 Å². The van der Waals surface area contributed by atoms with Gasteiger partial charge in [-0.05, 0) is 50.1 Å². The predicted molar refractivity (Wildman–Crippen MR) is 130 cm³/mol. The largest absolute Gasteiger partial charge is 0.368 e. The minimum atomic E-state index is 0.200. The Bertz CT molecular complexity index is 1200. The Balaban J connectivity index is 1.41. The first-order valence-electron chi connectivity index (χ1n) is 11.3. The number of benzene rings is 1. The fourth-order valence-electron chi connectivity index (χ4n) is 4.35. The van der Waals surface area contributed by atoms with Gasteiger partial charge in [0, 0.05) is 57.2 Å². The van der Waals surface area contributed by atoms with Crippen LogP contribution in [0.3, 0.4) is 0 Å². The van der Waals surface area contributed by atoms with Gasteiger partial charge in [0.2, 0.25) is 5.91 Å². The molecule has 4 rings (SSSR count). The molecule has 0 N–H and O–H groups in total. The molecule has 172 valence electrons. The van der Waals surface area contributed by atoms with Crippen molar-refractivity contribution in [1.82, 2.24) is 24.5 Å². The van der Waals surface area contributed by atoms with E-state index in [1.165, 1.54) is 5.69 Å². The molecule has 0 unspecified atom stereocenters. The standard InChI is InChI=1S/C25H31N7O/c1-5-31-23(26-4)12-13-24(28-31)32-20(3)22(19(2)27-32)11-14-25(33)30-17-15-29(16-18-30)21-9-7-6-8-10-21/h5-10,12-13H,1,11,14-18H2,2-4H3. The number of piperazine rings is 1. The molecule has 8 heteroatoms. The lowest BCUT2D eigenvalue weighted by molar-refractivity contribution is -0.131. The molecule has 0 atom stereocenters. The van der Waals surface area contributed by atoms with Crippen LogP contribution in [0.15, 0.2) is 54.0 Å². The fourth-order valence-corrected chi connectivity index (χ4v) is 4.35. The normalized spacial score (nSPS) is 14.6. The van der Waals surface area contributed by atoms with Gasteiger partial charge in [-0.2, -0.15) is 5.10 Å². The van der Waals surface area contributed by atoms with Gasteiger partial charge in [0.15, 0.2) is 5.82 Å². The number of rotatable bonds is 6. The number of hydrogen-bond donors (Lipinski definition) is 0. The van der Waals surface area contributed by atoms with Gasteiger partial charge < -0.3 is 9.80 Å². The summed E-state index contributed by atoms with van der Waals surface area (Å²) in [5.41, 5.74) is 4.95. The summed E-state index contributed by atoms with van der Waals surface area (Å²) in [7, 11) is 1.72. The summed E-state index contributed by atoms with van der Waals surface area (Å²) in [4.78, 5) is 21.4. The van der Waals surface area contributed by atoms with Crippen LogP contribution in [0.4, 0.5) is 5.69 Å². The molecular weight excluding hydrogens is 414 g/mol. The number of carbonyl (C=O) groups is 1. The van der Waals surface area contributed by atoms with Crippen molar-refractivity contribution in [3.05, 3.63) is 71.5 Å². The van der Waals surface area contributed by atoms with E-state index in [-0.39, 0.29) is 5.91 Å². The number of carbonyl (C=O) groups excluding carboxylic acids is 1. The van der Waals surface area contributed by atoms with Gasteiger partial charge in [0.05, 0.1) is 5.69 Å². The van der Waals surface area contributed by atoms with E-state index in [2.05, 4.69) is 50.9 Å². The number of aryl methyl sites for hydroxylation is 1. The van der Waals surface area contributed by atoms with Crippen molar-refractivity contribution in [3.63, 3.8) is 0 Å². The fraction of sp³-hybridized carbons (Fsp3) is 0.360. The van der Waals surface area contributed by atoms with Crippen molar-refractivity contribution in [2.24, 2.45) is 4.99 Å². The van der Waals surface area contributed by atoms with Gasteiger partial charge in [0.25, 0.3) is 0 Å². The van der Waals surface area contributed by atoms with E-state index in [1.54, 1.807) is 17.9 Å². The summed E-state index contributed by atoms with van der Waals surface area (Å²) >= 11 is 0. The number of hydrogen-bond acceptors (Lipinski definition) is 5. The predicted octanol–water partition coefficient (Wildman–Crippen LogP) is 2.60. The van der Waals surface area contributed by atoms with E-state index in [9.17, 15) is 4.79 Å². The first kappa shape index (κ1) is 22.5. The molecule has 0 spiro atoms. The highest BCUT2D eigenvalue weighted by atomic mass is 16.2. The number of amides is 1. The Morgan fingerprint density at radius 3 is 2.45 bits per heavy atom. The summed E-state index contributed by atoms with van der Waals surface area (Å²) in [6, 6.07) is 14.2. The summed E-state index contributed by atoms with van der Waals surface area (Å²) in [5, 5.41) is 9.26. The molecule has 0 aliphatic carbocycles. The maximum absolute atomic E-state index is 12.9. The topological polar surface area (TPSA) is 71.6 Å². The van der Waals surface area contributed by atoms with Gasteiger partial charge in [0.1, 0.15) is 5.49 Å². The van der Waals surface area contributed by atoms with Gasteiger partial charge in [-0.3, -0.25) is 9.79 Å². The molecule has 1 saturated heterocycles. The Kier molecular flexibility index (Phi) is 6.72. The van der Waals surface area contributed by atoms with E-state index in [1.807, 2.05) is 41.6 Å². The van der Waals surface area contributed by atoms with Crippen LogP contribution in [0.2, 0.25) is 0 Å². The minimum Gasteiger partial charge on any atom is -0.368 e. The molecular formula is C25H31N7O. The summed E-state index contributed by atoms with van der Waals surface area (Å²) < 4.78 is 3.46. The lowest BCUT2D eigenvalue weighted by Crippen LogP contribution is -2.48. The average molecular weight is 446 g/mol. The third kappa shape index (κ3) is 4.74. The van der Waals surface area contributed by atoms with Crippen molar-refractivity contribution < 1.29 is 4.79 Å². The third-order valence-electron chi connectivity index (χ3n) is 6.23. The highest BCUT2D eigenvalue weighted by Crippen LogP contribution is 2.20. The van der Waals surface area contributed by atoms with Crippen LogP contribution >= 0.6 is 0 Å². The highest BCUT2D eigenvalue weighted by molar-refractivity contribution is 5.77. The minimum absolute atomic E-state index is 0.200. The maximum atomic E-state index is 12.9. The third-order valence-corrected chi connectivity index (χ3v) is 6.23. The zero-order chi connectivity index (χ0) is 23.4. The van der Waals surface area contributed by atoms with E-state index >= 15 is 0 Å². The van der Waals surface area contributed by atoms with Gasteiger partial charge in [-0.1, -0.05) is 24.8 Å². The van der Waals surface area contributed by atoms with Crippen molar-refractivity contribution >= 4 is 17.8 Å². The number of aromatic nitrogens is 4. The van der Waals surface area contributed by atoms with Crippen molar-refractivity contribution in [1.29, 1.82) is 0 Å². The first-order chi connectivity index (χ1) is 16.0. The number of nitrogens with zero attached hydrogens (tertiary/aromatic N) is 7. The van der Waals surface area contributed by atoms with Gasteiger partial charge in [-0.25, -0.2) is 9.36 Å². The smallest absolute Gasteiger partial charge is 0.223 e. The second-order valence-electron chi connectivity index (χ2n) is 8.17. The SMILES string of the molecule is C=Cn1nc(-n2nc(C)c(CCC(=O)N3CCN(c4ccccc4)CC3)c2C)ccc1=NC.